The minimum absolute atomic E-state index is 0.174. The fraction of sp³-hybridized carbons (Fsp3) is 0.500. The third kappa shape index (κ3) is 6.18. The van der Waals surface area contributed by atoms with Crippen LogP contribution in [0.25, 0.3) is 0 Å². The number of halogens is 2. The minimum Gasteiger partial charge on any atom is -0.385 e. The average Bonchev–Trinajstić information content (AvgIpc) is 2.41. The second-order valence-electron chi connectivity index (χ2n) is 4.06. The molecule has 0 heterocycles. The number of hydrogen-bond acceptors (Lipinski definition) is 4. The third-order valence-corrected chi connectivity index (χ3v) is 2.47. The van der Waals surface area contributed by atoms with E-state index >= 15 is 0 Å². The first kappa shape index (κ1) is 16.7. The third-order valence-electron chi connectivity index (χ3n) is 2.47. The number of ketones is 1. The van der Waals surface area contributed by atoms with Gasteiger partial charge in [-0.2, -0.15) is 0 Å². The Morgan fingerprint density at radius 3 is 2.55 bits per heavy atom. The van der Waals surface area contributed by atoms with Gasteiger partial charge in [-0.15, -0.1) is 0 Å². The summed E-state index contributed by atoms with van der Waals surface area (Å²) in [5.74, 6) is -2.12. The highest BCUT2D eigenvalue weighted by atomic mass is 19.1. The van der Waals surface area contributed by atoms with Crippen LogP contribution >= 0.6 is 0 Å². The molecule has 0 radical (unpaired) electrons. The second-order valence-corrected chi connectivity index (χ2v) is 4.06. The Morgan fingerprint density at radius 1 is 1.10 bits per heavy atom. The molecule has 1 aromatic rings. The van der Waals surface area contributed by atoms with Gasteiger partial charge in [-0.25, -0.2) is 8.78 Å². The number of carbonyl (C=O) groups is 1. The Labute approximate surface area is 116 Å². The van der Waals surface area contributed by atoms with E-state index in [1.807, 2.05) is 0 Å². The zero-order valence-electron chi connectivity index (χ0n) is 11.4. The highest BCUT2D eigenvalue weighted by Crippen LogP contribution is 2.10. The Bertz CT molecular complexity index is 424. The summed E-state index contributed by atoms with van der Waals surface area (Å²) in [7, 11) is 1.61. The van der Waals surface area contributed by atoms with Crippen LogP contribution in [0.5, 0.6) is 0 Å². The quantitative estimate of drug-likeness (QED) is 0.489. The van der Waals surface area contributed by atoms with Gasteiger partial charge in [0.25, 0.3) is 0 Å². The maximum absolute atomic E-state index is 13.3. The molecule has 0 fully saturated rings. The summed E-state index contributed by atoms with van der Waals surface area (Å²) in [6.45, 7) is 1.51. The summed E-state index contributed by atoms with van der Waals surface area (Å²) in [5.41, 5.74) is -0.174. The number of ether oxygens (including phenoxy) is 3. The largest absolute Gasteiger partial charge is 0.385 e. The van der Waals surface area contributed by atoms with E-state index in [0.717, 1.165) is 18.6 Å². The predicted octanol–water partition coefficient (Wildman–Crippen LogP) is 2.22. The average molecular weight is 288 g/mol. The summed E-state index contributed by atoms with van der Waals surface area (Å²) in [4.78, 5) is 11.6. The van der Waals surface area contributed by atoms with Crippen LogP contribution < -0.4 is 0 Å². The first-order valence-electron chi connectivity index (χ1n) is 6.28. The smallest absolute Gasteiger partial charge is 0.191 e. The van der Waals surface area contributed by atoms with Gasteiger partial charge in [-0.05, 0) is 18.6 Å². The molecule has 0 aliphatic rings. The molecule has 0 aliphatic carbocycles. The standard InChI is InChI=1S/C14H18F2O4/c1-18-5-2-6-19-7-8-20-10-14(17)12-4-3-11(15)9-13(12)16/h3-4,9H,2,5-8,10H2,1H3. The van der Waals surface area contributed by atoms with E-state index in [4.69, 9.17) is 14.2 Å². The molecule has 1 rings (SSSR count). The lowest BCUT2D eigenvalue weighted by Gasteiger charge is -2.06. The molecule has 0 unspecified atom stereocenters. The van der Waals surface area contributed by atoms with Crippen LogP contribution in [-0.4, -0.2) is 45.9 Å². The van der Waals surface area contributed by atoms with Crippen molar-refractivity contribution in [3.63, 3.8) is 0 Å². The van der Waals surface area contributed by atoms with E-state index in [9.17, 15) is 13.6 Å². The van der Waals surface area contributed by atoms with Crippen LogP contribution in [0.2, 0.25) is 0 Å². The summed E-state index contributed by atoms with van der Waals surface area (Å²) >= 11 is 0. The van der Waals surface area contributed by atoms with Crippen LogP contribution in [0.1, 0.15) is 16.8 Å². The summed E-state index contributed by atoms with van der Waals surface area (Å²) in [6, 6.07) is 2.82. The molecule has 0 spiro atoms. The number of methoxy groups -OCH3 is 1. The molecule has 0 bridgehead atoms. The van der Waals surface area contributed by atoms with Crippen molar-refractivity contribution >= 4 is 5.78 Å². The van der Waals surface area contributed by atoms with Gasteiger partial charge in [0.15, 0.2) is 5.78 Å². The van der Waals surface area contributed by atoms with Crippen LogP contribution in [-0.2, 0) is 14.2 Å². The van der Waals surface area contributed by atoms with Crippen LogP contribution in [0.4, 0.5) is 8.78 Å². The molecule has 20 heavy (non-hydrogen) atoms. The normalized spacial score (nSPS) is 10.8. The van der Waals surface area contributed by atoms with E-state index < -0.39 is 17.4 Å². The molecule has 1 aromatic carbocycles. The topological polar surface area (TPSA) is 44.8 Å². The molecule has 0 saturated carbocycles. The van der Waals surface area contributed by atoms with E-state index in [1.165, 1.54) is 0 Å². The number of carbonyl (C=O) groups excluding carboxylic acids is 1. The zero-order chi connectivity index (χ0) is 14.8. The molecular formula is C14H18F2O4. The number of rotatable bonds is 10. The number of benzene rings is 1. The van der Waals surface area contributed by atoms with E-state index in [1.54, 1.807) is 7.11 Å². The lowest BCUT2D eigenvalue weighted by atomic mass is 10.1. The van der Waals surface area contributed by atoms with Crippen molar-refractivity contribution in [1.29, 1.82) is 0 Å². The summed E-state index contributed by atoms with van der Waals surface area (Å²) in [5, 5.41) is 0. The van der Waals surface area contributed by atoms with E-state index in [0.29, 0.717) is 25.9 Å². The van der Waals surface area contributed by atoms with E-state index in [-0.39, 0.29) is 18.8 Å². The van der Waals surface area contributed by atoms with Crippen LogP contribution in [0.3, 0.4) is 0 Å². The zero-order valence-corrected chi connectivity index (χ0v) is 11.4. The fourth-order valence-electron chi connectivity index (χ4n) is 1.48. The van der Waals surface area contributed by atoms with Crippen molar-refractivity contribution in [3.05, 3.63) is 35.4 Å². The molecule has 0 aromatic heterocycles. The molecule has 112 valence electrons. The van der Waals surface area contributed by atoms with Gasteiger partial charge in [0.05, 0.1) is 18.8 Å². The molecule has 0 amide bonds. The molecule has 0 aliphatic heterocycles. The van der Waals surface area contributed by atoms with Crippen molar-refractivity contribution < 1.29 is 27.8 Å². The molecule has 6 heteroatoms. The maximum atomic E-state index is 13.3. The lowest BCUT2D eigenvalue weighted by Crippen LogP contribution is -2.14. The van der Waals surface area contributed by atoms with E-state index in [2.05, 4.69) is 0 Å². The number of hydrogen-bond donors (Lipinski definition) is 0. The van der Waals surface area contributed by atoms with Gasteiger partial charge >= 0.3 is 0 Å². The lowest BCUT2D eigenvalue weighted by molar-refractivity contribution is 0.0381. The Hall–Kier alpha value is -1.37. The first-order valence-corrected chi connectivity index (χ1v) is 6.28. The number of Topliss-reactive ketones (excluding diaryl/α,β-unsaturated/α-hetero) is 1. The Morgan fingerprint density at radius 2 is 1.85 bits per heavy atom. The Kier molecular flexibility index (Phi) is 7.94. The van der Waals surface area contributed by atoms with Gasteiger partial charge in [0, 0.05) is 26.4 Å². The SMILES string of the molecule is COCCCOCCOCC(=O)c1ccc(F)cc1F. The van der Waals surface area contributed by atoms with Crippen molar-refractivity contribution in [1.82, 2.24) is 0 Å². The maximum Gasteiger partial charge on any atom is 0.191 e. The van der Waals surface area contributed by atoms with Crippen molar-refractivity contribution in [2.75, 3.05) is 40.1 Å². The van der Waals surface area contributed by atoms with Crippen molar-refractivity contribution in [2.24, 2.45) is 0 Å². The van der Waals surface area contributed by atoms with Gasteiger partial charge < -0.3 is 14.2 Å². The predicted molar refractivity (Wildman–Crippen MR) is 68.8 cm³/mol. The van der Waals surface area contributed by atoms with Crippen molar-refractivity contribution in [2.45, 2.75) is 6.42 Å². The highest BCUT2D eigenvalue weighted by molar-refractivity contribution is 5.97. The molecule has 0 N–H and O–H groups in total. The van der Waals surface area contributed by atoms with Gasteiger partial charge in [0.1, 0.15) is 18.2 Å². The summed E-state index contributed by atoms with van der Waals surface area (Å²) < 4.78 is 41.1. The van der Waals surface area contributed by atoms with Gasteiger partial charge in [-0.3, -0.25) is 4.79 Å². The fourth-order valence-corrected chi connectivity index (χ4v) is 1.48. The first-order chi connectivity index (χ1) is 9.65. The Balaban J connectivity index is 2.17. The van der Waals surface area contributed by atoms with Crippen molar-refractivity contribution in [3.8, 4) is 0 Å². The minimum atomic E-state index is -0.880. The monoisotopic (exact) mass is 288 g/mol. The highest BCUT2D eigenvalue weighted by Gasteiger charge is 2.12. The summed E-state index contributed by atoms with van der Waals surface area (Å²) in [6.07, 6.45) is 0.788. The molecule has 0 atom stereocenters. The molecule has 4 nitrogen and oxygen atoms in total. The van der Waals surface area contributed by atoms with Crippen LogP contribution in [0, 0.1) is 11.6 Å². The molecule has 0 saturated heterocycles. The van der Waals surface area contributed by atoms with Crippen LogP contribution in [0.15, 0.2) is 18.2 Å². The molecular weight excluding hydrogens is 270 g/mol. The van der Waals surface area contributed by atoms with Gasteiger partial charge in [-0.1, -0.05) is 0 Å². The van der Waals surface area contributed by atoms with Gasteiger partial charge in [0.2, 0.25) is 0 Å². The second kappa shape index (κ2) is 9.52.